The highest BCUT2D eigenvalue weighted by Crippen LogP contribution is 2.16. The van der Waals surface area contributed by atoms with Gasteiger partial charge in [-0.2, -0.15) is 5.10 Å². The van der Waals surface area contributed by atoms with Crippen molar-refractivity contribution in [2.45, 2.75) is 20.0 Å². The minimum absolute atomic E-state index is 0.628. The Balaban J connectivity index is 2.10. The van der Waals surface area contributed by atoms with E-state index in [2.05, 4.69) is 17.2 Å². The number of aromatic nitrogens is 2. The van der Waals surface area contributed by atoms with E-state index in [4.69, 9.17) is 5.73 Å². The summed E-state index contributed by atoms with van der Waals surface area (Å²) < 4.78 is 1.95. The fourth-order valence-corrected chi connectivity index (χ4v) is 2.22. The number of hydrogen-bond acceptors (Lipinski definition) is 3. The molecule has 0 aliphatic rings. The third-order valence-corrected chi connectivity index (χ3v) is 3.10. The highest BCUT2D eigenvalue weighted by atomic mass is 32.1. The van der Waals surface area contributed by atoms with Crippen molar-refractivity contribution in [1.82, 2.24) is 9.78 Å². The van der Waals surface area contributed by atoms with Gasteiger partial charge in [0, 0.05) is 22.5 Å². The van der Waals surface area contributed by atoms with Gasteiger partial charge in [-0.1, -0.05) is 0 Å². The van der Waals surface area contributed by atoms with Crippen molar-refractivity contribution in [1.29, 1.82) is 0 Å². The Morgan fingerprint density at radius 1 is 1.36 bits per heavy atom. The quantitative estimate of drug-likeness (QED) is 0.833. The highest BCUT2D eigenvalue weighted by molar-refractivity contribution is 7.11. The number of rotatable bonds is 3. The number of nitrogens with two attached hydrogens (primary N) is 1. The molecular formula is C10H13N3S. The molecule has 74 valence electrons. The zero-order valence-corrected chi connectivity index (χ0v) is 8.92. The fourth-order valence-electron chi connectivity index (χ4n) is 1.33. The van der Waals surface area contributed by atoms with Crippen LogP contribution in [0.5, 0.6) is 0 Å². The van der Waals surface area contributed by atoms with E-state index < -0.39 is 0 Å². The van der Waals surface area contributed by atoms with Crippen LogP contribution >= 0.6 is 11.3 Å². The molecule has 2 aromatic rings. The Labute approximate surface area is 87.2 Å². The van der Waals surface area contributed by atoms with Gasteiger partial charge < -0.3 is 5.73 Å². The van der Waals surface area contributed by atoms with Crippen LogP contribution in [0.3, 0.4) is 0 Å². The second-order valence-electron chi connectivity index (χ2n) is 3.23. The van der Waals surface area contributed by atoms with Gasteiger partial charge in [0.25, 0.3) is 0 Å². The van der Waals surface area contributed by atoms with E-state index in [1.165, 1.54) is 9.75 Å². The van der Waals surface area contributed by atoms with E-state index in [0.29, 0.717) is 6.54 Å². The van der Waals surface area contributed by atoms with Gasteiger partial charge in [-0.3, -0.25) is 4.68 Å². The molecule has 0 aromatic carbocycles. The first-order chi connectivity index (χ1) is 6.78. The molecule has 0 atom stereocenters. The molecule has 0 aliphatic carbocycles. The van der Waals surface area contributed by atoms with Gasteiger partial charge in [-0.05, 0) is 25.1 Å². The van der Waals surface area contributed by atoms with Gasteiger partial charge in [0.05, 0.1) is 12.2 Å². The molecule has 4 heteroatoms. The van der Waals surface area contributed by atoms with Crippen LogP contribution in [0.25, 0.3) is 0 Å². The van der Waals surface area contributed by atoms with Crippen LogP contribution in [0.1, 0.15) is 15.4 Å². The largest absolute Gasteiger partial charge is 0.326 e. The van der Waals surface area contributed by atoms with E-state index in [0.717, 1.165) is 12.2 Å². The van der Waals surface area contributed by atoms with E-state index in [-0.39, 0.29) is 0 Å². The van der Waals surface area contributed by atoms with Crippen molar-refractivity contribution in [3.05, 3.63) is 39.8 Å². The predicted molar refractivity (Wildman–Crippen MR) is 58.3 cm³/mol. The highest BCUT2D eigenvalue weighted by Gasteiger charge is 2.00. The van der Waals surface area contributed by atoms with E-state index in [1.807, 2.05) is 23.9 Å². The van der Waals surface area contributed by atoms with E-state index in [1.54, 1.807) is 11.3 Å². The Kier molecular flexibility index (Phi) is 2.65. The van der Waals surface area contributed by atoms with Crippen LogP contribution in [-0.2, 0) is 13.1 Å². The lowest BCUT2D eigenvalue weighted by molar-refractivity contribution is 0.687. The van der Waals surface area contributed by atoms with Crippen LogP contribution < -0.4 is 5.73 Å². The molecule has 0 saturated heterocycles. The summed E-state index contributed by atoms with van der Waals surface area (Å²) in [7, 11) is 0. The predicted octanol–water partition coefficient (Wildman–Crippen LogP) is 1.76. The molecule has 0 aliphatic heterocycles. The molecule has 2 aromatic heterocycles. The number of nitrogens with zero attached hydrogens (tertiary/aromatic N) is 2. The average molecular weight is 207 g/mol. The lowest BCUT2D eigenvalue weighted by Gasteiger charge is -1.96. The van der Waals surface area contributed by atoms with Crippen molar-refractivity contribution in [2.75, 3.05) is 0 Å². The summed E-state index contributed by atoms with van der Waals surface area (Å²) in [6, 6.07) is 6.21. The Bertz CT molecular complexity index is 416. The molecule has 0 saturated carbocycles. The van der Waals surface area contributed by atoms with Crippen LogP contribution in [0.4, 0.5) is 0 Å². The number of hydrogen-bond donors (Lipinski definition) is 1. The maximum Gasteiger partial charge on any atom is 0.0752 e. The van der Waals surface area contributed by atoms with Gasteiger partial charge in [-0.15, -0.1) is 11.3 Å². The summed E-state index contributed by atoms with van der Waals surface area (Å²) in [5, 5.41) is 4.33. The van der Waals surface area contributed by atoms with Crippen molar-refractivity contribution in [2.24, 2.45) is 5.73 Å². The molecule has 2 rings (SSSR count). The number of thiophene rings is 1. The Morgan fingerprint density at radius 2 is 2.14 bits per heavy atom. The first kappa shape index (κ1) is 9.43. The summed E-state index contributed by atoms with van der Waals surface area (Å²) in [6.07, 6.45) is 2.00. The minimum atomic E-state index is 0.628. The maximum atomic E-state index is 5.55. The van der Waals surface area contributed by atoms with Crippen molar-refractivity contribution in [3.8, 4) is 0 Å². The summed E-state index contributed by atoms with van der Waals surface area (Å²) in [6.45, 7) is 3.47. The van der Waals surface area contributed by atoms with Gasteiger partial charge in [0.1, 0.15) is 0 Å². The van der Waals surface area contributed by atoms with Crippen molar-refractivity contribution < 1.29 is 0 Å². The summed E-state index contributed by atoms with van der Waals surface area (Å²) in [5.74, 6) is 0. The summed E-state index contributed by atoms with van der Waals surface area (Å²) >= 11 is 1.75. The van der Waals surface area contributed by atoms with Gasteiger partial charge in [0.15, 0.2) is 0 Å². The Hall–Kier alpha value is -1.13. The van der Waals surface area contributed by atoms with Crippen molar-refractivity contribution >= 4 is 11.3 Å². The Morgan fingerprint density at radius 3 is 2.71 bits per heavy atom. The monoisotopic (exact) mass is 207 g/mol. The van der Waals surface area contributed by atoms with E-state index >= 15 is 0 Å². The fraction of sp³-hybridized carbons (Fsp3) is 0.300. The number of aryl methyl sites for hydroxylation is 1. The standard InChI is InChI=1S/C10H13N3S/c1-8-4-5-13(12-8)7-10-3-2-9(6-11)14-10/h2-5H,6-7,11H2,1H3. The molecule has 0 fully saturated rings. The van der Waals surface area contributed by atoms with Crippen LogP contribution in [0, 0.1) is 6.92 Å². The molecule has 0 spiro atoms. The van der Waals surface area contributed by atoms with Crippen LogP contribution in [0.2, 0.25) is 0 Å². The second kappa shape index (κ2) is 3.94. The second-order valence-corrected chi connectivity index (χ2v) is 4.48. The zero-order valence-electron chi connectivity index (χ0n) is 8.10. The molecule has 2 heterocycles. The van der Waals surface area contributed by atoms with Crippen LogP contribution in [-0.4, -0.2) is 9.78 Å². The molecule has 2 N–H and O–H groups in total. The zero-order chi connectivity index (χ0) is 9.97. The van der Waals surface area contributed by atoms with Gasteiger partial charge in [-0.25, -0.2) is 0 Å². The summed E-state index contributed by atoms with van der Waals surface area (Å²) in [4.78, 5) is 2.53. The summed E-state index contributed by atoms with van der Waals surface area (Å²) in [5.41, 5.74) is 6.60. The first-order valence-electron chi connectivity index (χ1n) is 4.55. The molecule has 0 amide bonds. The lowest BCUT2D eigenvalue weighted by atomic mass is 10.4. The first-order valence-corrected chi connectivity index (χ1v) is 5.37. The topological polar surface area (TPSA) is 43.8 Å². The maximum absolute atomic E-state index is 5.55. The molecule has 0 radical (unpaired) electrons. The smallest absolute Gasteiger partial charge is 0.0752 e. The molecule has 0 unspecified atom stereocenters. The SMILES string of the molecule is Cc1ccn(Cc2ccc(CN)s2)n1. The molecule has 3 nitrogen and oxygen atoms in total. The average Bonchev–Trinajstić information content (AvgIpc) is 2.76. The van der Waals surface area contributed by atoms with E-state index in [9.17, 15) is 0 Å². The van der Waals surface area contributed by atoms with Gasteiger partial charge >= 0.3 is 0 Å². The molecular weight excluding hydrogens is 194 g/mol. The lowest BCUT2D eigenvalue weighted by Crippen LogP contribution is -1.98. The normalized spacial score (nSPS) is 10.7. The molecule has 14 heavy (non-hydrogen) atoms. The van der Waals surface area contributed by atoms with Crippen molar-refractivity contribution in [3.63, 3.8) is 0 Å². The van der Waals surface area contributed by atoms with Gasteiger partial charge in [0.2, 0.25) is 0 Å². The third-order valence-electron chi connectivity index (χ3n) is 2.01. The molecule has 0 bridgehead atoms. The third kappa shape index (κ3) is 2.02. The van der Waals surface area contributed by atoms with Crippen LogP contribution in [0.15, 0.2) is 24.4 Å². The minimum Gasteiger partial charge on any atom is -0.326 e.